The number of hydrogen-bond donors (Lipinski definition) is 3. The van der Waals surface area contributed by atoms with Crippen LogP contribution >= 0.6 is 0 Å². The van der Waals surface area contributed by atoms with Crippen molar-refractivity contribution in [1.29, 1.82) is 0 Å². The molecule has 1 aromatic rings. The lowest BCUT2D eigenvalue weighted by molar-refractivity contribution is -0.121. The average molecular weight is 294 g/mol. The Morgan fingerprint density at radius 1 is 1.29 bits per heavy atom. The van der Waals surface area contributed by atoms with Crippen molar-refractivity contribution in [2.75, 3.05) is 38.7 Å². The highest BCUT2D eigenvalue weighted by molar-refractivity contribution is 5.95. The van der Waals surface area contributed by atoms with Crippen LogP contribution in [0.5, 0.6) is 0 Å². The summed E-state index contributed by atoms with van der Waals surface area (Å²) in [5.74, 6) is 0.319. The minimum absolute atomic E-state index is 0.115. The Morgan fingerprint density at radius 3 is 2.81 bits per heavy atom. The van der Waals surface area contributed by atoms with Crippen molar-refractivity contribution in [3.05, 3.63) is 23.9 Å². The third-order valence-corrected chi connectivity index (χ3v) is 2.65. The number of methoxy groups -OCH3 is 1. The van der Waals surface area contributed by atoms with Crippen LogP contribution in [0.15, 0.2) is 18.3 Å². The fourth-order valence-corrected chi connectivity index (χ4v) is 1.62. The van der Waals surface area contributed by atoms with Crippen molar-refractivity contribution < 1.29 is 14.3 Å². The van der Waals surface area contributed by atoms with E-state index in [-0.39, 0.29) is 24.8 Å². The largest absolute Gasteiger partial charge is 0.383 e. The third kappa shape index (κ3) is 6.71. The highest BCUT2D eigenvalue weighted by atomic mass is 16.5. The zero-order valence-corrected chi connectivity index (χ0v) is 12.4. The van der Waals surface area contributed by atoms with Gasteiger partial charge >= 0.3 is 0 Å². The Balaban J connectivity index is 2.33. The molecule has 116 valence electrons. The van der Waals surface area contributed by atoms with Gasteiger partial charge in [0.05, 0.1) is 6.61 Å². The lowest BCUT2D eigenvalue weighted by Gasteiger charge is -2.07. The molecule has 0 aliphatic rings. The second-order valence-electron chi connectivity index (χ2n) is 4.31. The van der Waals surface area contributed by atoms with Crippen molar-refractivity contribution in [2.45, 2.75) is 13.3 Å². The molecule has 0 aliphatic carbocycles. The molecule has 7 nitrogen and oxygen atoms in total. The number of pyridine rings is 1. The van der Waals surface area contributed by atoms with Crippen LogP contribution in [0.4, 0.5) is 5.82 Å². The third-order valence-electron chi connectivity index (χ3n) is 2.65. The van der Waals surface area contributed by atoms with E-state index >= 15 is 0 Å². The smallest absolute Gasteiger partial charge is 0.251 e. The van der Waals surface area contributed by atoms with Crippen LogP contribution in [0.3, 0.4) is 0 Å². The molecule has 7 heteroatoms. The number of nitrogens with zero attached hydrogens (tertiary/aromatic N) is 1. The van der Waals surface area contributed by atoms with Gasteiger partial charge in [0, 0.05) is 44.9 Å². The van der Waals surface area contributed by atoms with Crippen LogP contribution in [0.25, 0.3) is 0 Å². The summed E-state index contributed by atoms with van der Waals surface area (Å²) in [4.78, 5) is 27.5. The van der Waals surface area contributed by atoms with Gasteiger partial charge in [0.1, 0.15) is 5.82 Å². The molecule has 0 radical (unpaired) electrons. The van der Waals surface area contributed by atoms with Gasteiger partial charge in [-0.1, -0.05) is 0 Å². The van der Waals surface area contributed by atoms with Crippen LogP contribution in [0.2, 0.25) is 0 Å². The summed E-state index contributed by atoms with van der Waals surface area (Å²) in [6, 6.07) is 3.31. The predicted molar refractivity (Wildman–Crippen MR) is 80.2 cm³/mol. The molecule has 0 unspecified atom stereocenters. The summed E-state index contributed by atoms with van der Waals surface area (Å²) in [7, 11) is 1.57. The van der Waals surface area contributed by atoms with Crippen molar-refractivity contribution in [3.63, 3.8) is 0 Å². The highest BCUT2D eigenvalue weighted by Crippen LogP contribution is 2.06. The summed E-state index contributed by atoms with van der Waals surface area (Å²) in [5, 5.41) is 8.43. The van der Waals surface area contributed by atoms with E-state index in [9.17, 15) is 9.59 Å². The molecule has 0 atom stereocenters. The summed E-state index contributed by atoms with van der Waals surface area (Å²) < 4.78 is 4.83. The summed E-state index contributed by atoms with van der Waals surface area (Å²) in [6.07, 6.45) is 1.81. The van der Waals surface area contributed by atoms with Crippen LogP contribution in [0, 0.1) is 0 Å². The first kappa shape index (κ1) is 16.9. The van der Waals surface area contributed by atoms with Gasteiger partial charge in [0.25, 0.3) is 5.91 Å². The van der Waals surface area contributed by atoms with E-state index in [0.717, 1.165) is 6.54 Å². The first-order chi connectivity index (χ1) is 10.2. The number of amides is 2. The Kier molecular flexibility index (Phi) is 7.81. The van der Waals surface area contributed by atoms with E-state index < -0.39 is 0 Å². The molecule has 1 rings (SSSR count). The molecule has 0 aromatic carbocycles. The van der Waals surface area contributed by atoms with E-state index in [1.807, 2.05) is 6.92 Å². The number of carbonyl (C=O) groups is 2. The monoisotopic (exact) mass is 294 g/mol. The molecular weight excluding hydrogens is 272 g/mol. The molecule has 0 spiro atoms. The standard InChI is InChI=1S/C14H22N4O3/c1-3-15-12-10-11(4-6-16-12)14(20)18-7-5-13(19)17-8-9-21-2/h4,6,10H,3,5,7-9H2,1-2H3,(H,15,16)(H,17,19)(H,18,20). The maximum Gasteiger partial charge on any atom is 0.251 e. The molecule has 0 saturated carbocycles. The maximum absolute atomic E-state index is 11.9. The maximum atomic E-state index is 11.9. The molecular formula is C14H22N4O3. The number of carbonyl (C=O) groups excluding carboxylic acids is 2. The Labute approximate surface area is 124 Å². The highest BCUT2D eigenvalue weighted by Gasteiger charge is 2.07. The average Bonchev–Trinajstić information content (AvgIpc) is 2.48. The number of nitrogens with one attached hydrogen (secondary N) is 3. The lowest BCUT2D eigenvalue weighted by Crippen LogP contribution is -2.32. The minimum atomic E-state index is -0.221. The fourth-order valence-electron chi connectivity index (χ4n) is 1.62. The first-order valence-electron chi connectivity index (χ1n) is 6.91. The second-order valence-corrected chi connectivity index (χ2v) is 4.31. The molecule has 2 amide bonds. The molecule has 0 bridgehead atoms. The van der Waals surface area contributed by atoms with E-state index in [4.69, 9.17) is 4.74 Å². The molecule has 0 aliphatic heterocycles. The molecule has 0 fully saturated rings. The quantitative estimate of drug-likeness (QED) is 0.573. The van der Waals surface area contributed by atoms with Gasteiger partial charge in [-0.15, -0.1) is 0 Å². The number of aromatic nitrogens is 1. The molecule has 1 heterocycles. The van der Waals surface area contributed by atoms with Gasteiger partial charge < -0.3 is 20.7 Å². The zero-order valence-electron chi connectivity index (χ0n) is 12.4. The molecule has 21 heavy (non-hydrogen) atoms. The molecule has 0 saturated heterocycles. The van der Waals surface area contributed by atoms with Gasteiger partial charge in [-0.25, -0.2) is 4.98 Å². The summed E-state index contributed by atoms with van der Waals surface area (Å²) in [5.41, 5.74) is 0.515. The lowest BCUT2D eigenvalue weighted by atomic mass is 10.2. The van der Waals surface area contributed by atoms with Crippen molar-refractivity contribution >= 4 is 17.6 Å². The zero-order chi connectivity index (χ0) is 15.5. The van der Waals surface area contributed by atoms with Crippen LogP contribution in [0.1, 0.15) is 23.7 Å². The molecule has 3 N–H and O–H groups in total. The number of anilines is 1. The predicted octanol–water partition coefficient (Wildman–Crippen LogP) is 0.396. The van der Waals surface area contributed by atoms with Crippen LogP contribution in [-0.4, -0.2) is 50.1 Å². The van der Waals surface area contributed by atoms with Gasteiger partial charge in [0.15, 0.2) is 0 Å². The van der Waals surface area contributed by atoms with Crippen LogP contribution in [-0.2, 0) is 9.53 Å². The van der Waals surface area contributed by atoms with Crippen LogP contribution < -0.4 is 16.0 Å². The van der Waals surface area contributed by atoms with Gasteiger partial charge in [0.2, 0.25) is 5.91 Å². The van der Waals surface area contributed by atoms with E-state index in [0.29, 0.717) is 24.5 Å². The summed E-state index contributed by atoms with van der Waals surface area (Å²) in [6.45, 7) is 3.93. The first-order valence-corrected chi connectivity index (χ1v) is 6.91. The number of rotatable bonds is 9. The number of ether oxygens (including phenoxy) is 1. The van der Waals surface area contributed by atoms with Gasteiger partial charge in [-0.05, 0) is 19.1 Å². The summed E-state index contributed by atoms with van der Waals surface area (Å²) >= 11 is 0. The van der Waals surface area contributed by atoms with Crippen molar-refractivity contribution in [1.82, 2.24) is 15.6 Å². The van der Waals surface area contributed by atoms with Gasteiger partial charge in [-0.2, -0.15) is 0 Å². The van der Waals surface area contributed by atoms with E-state index in [1.165, 1.54) is 0 Å². The van der Waals surface area contributed by atoms with Crippen molar-refractivity contribution in [3.8, 4) is 0 Å². The Morgan fingerprint density at radius 2 is 2.10 bits per heavy atom. The molecule has 1 aromatic heterocycles. The van der Waals surface area contributed by atoms with E-state index in [1.54, 1.807) is 25.4 Å². The Bertz CT molecular complexity index is 465. The topological polar surface area (TPSA) is 92.4 Å². The normalized spacial score (nSPS) is 10.0. The van der Waals surface area contributed by atoms with E-state index in [2.05, 4.69) is 20.9 Å². The SMILES string of the molecule is CCNc1cc(C(=O)NCCC(=O)NCCOC)ccn1. The number of hydrogen-bond acceptors (Lipinski definition) is 5. The van der Waals surface area contributed by atoms with Gasteiger partial charge in [-0.3, -0.25) is 9.59 Å². The van der Waals surface area contributed by atoms with Crippen molar-refractivity contribution in [2.24, 2.45) is 0 Å². The second kappa shape index (κ2) is 9.71. The minimum Gasteiger partial charge on any atom is -0.383 e. The Hall–Kier alpha value is -2.15. The fraction of sp³-hybridized carbons (Fsp3) is 0.500.